The number of para-hydroxylation sites is 1. The van der Waals surface area contributed by atoms with Crippen LogP contribution < -0.4 is 15.5 Å². The van der Waals surface area contributed by atoms with Crippen LogP contribution in [0, 0.1) is 0 Å². The van der Waals surface area contributed by atoms with Crippen LogP contribution in [0.1, 0.15) is 30.6 Å². The molecule has 0 spiro atoms. The summed E-state index contributed by atoms with van der Waals surface area (Å²) in [6.07, 6.45) is 2.68. The van der Waals surface area contributed by atoms with Gasteiger partial charge < -0.3 is 20.3 Å². The predicted octanol–water partition coefficient (Wildman–Crippen LogP) is 1.50. The Hall–Kier alpha value is -2.21. The standard InChI is InChI=1S/C21H29N7O2.HI/c1-3-22-21(23-12-20(29)27-11-10-15-6-4-5-7-17(15)27)24-16-8-9-19-25-18(14-30-2)26-28(19)13-16;/h4-7,16H,3,8-14H2,1-2H3,(H2,22,23,24);1H. The van der Waals surface area contributed by atoms with Crippen LogP contribution in [0.15, 0.2) is 29.3 Å². The molecule has 0 radical (unpaired) electrons. The molecule has 2 aliphatic heterocycles. The Morgan fingerprint density at radius 2 is 2.16 bits per heavy atom. The summed E-state index contributed by atoms with van der Waals surface area (Å²) in [7, 11) is 1.64. The first-order chi connectivity index (χ1) is 14.7. The van der Waals surface area contributed by atoms with Gasteiger partial charge in [-0.1, -0.05) is 18.2 Å². The van der Waals surface area contributed by atoms with E-state index in [4.69, 9.17) is 4.74 Å². The molecule has 0 saturated heterocycles. The zero-order chi connectivity index (χ0) is 20.9. The maximum Gasteiger partial charge on any atom is 0.248 e. The molecular weight excluding hydrogens is 509 g/mol. The number of nitrogens with one attached hydrogen (secondary N) is 2. The number of hydrogen-bond acceptors (Lipinski definition) is 5. The summed E-state index contributed by atoms with van der Waals surface area (Å²) in [5.41, 5.74) is 2.23. The molecule has 0 saturated carbocycles. The third-order valence-electron chi connectivity index (χ3n) is 5.42. The lowest BCUT2D eigenvalue weighted by molar-refractivity contribution is -0.117. The molecule has 9 nitrogen and oxygen atoms in total. The van der Waals surface area contributed by atoms with Crippen molar-refractivity contribution in [3.63, 3.8) is 0 Å². The Labute approximate surface area is 199 Å². The van der Waals surface area contributed by atoms with Crippen molar-refractivity contribution in [2.45, 2.75) is 45.4 Å². The highest BCUT2D eigenvalue weighted by atomic mass is 127. The second kappa shape index (κ2) is 10.9. The average Bonchev–Trinajstić information content (AvgIpc) is 3.35. The molecule has 2 aliphatic rings. The Kier molecular flexibility index (Phi) is 8.24. The molecule has 1 unspecified atom stereocenters. The number of carbonyl (C=O) groups is 1. The van der Waals surface area contributed by atoms with Crippen molar-refractivity contribution in [1.82, 2.24) is 25.4 Å². The van der Waals surface area contributed by atoms with Gasteiger partial charge in [-0.3, -0.25) is 4.79 Å². The molecule has 1 aromatic heterocycles. The third kappa shape index (κ3) is 5.53. The van der Waals surface area contributed by atoms with Crippen molar-refractivity contribution >= 4 is 41.5 Å². The van der Waals surface area contributed by atoms with E-state index in [-0.39, 0.29) is 42.5 Å². The van der Waals surface area contributed by atoms with Crippen molar-refractivity contribution in [2.75, 3.05) is 31.6 Å². The van der Waals surface area contributed by atoms with Gasteiger partial charge >= 0.3 is 0 Å². The first-order valence-corrected chi connectivity index (χ1v) is 10.5. The summed E-state index contributed by atoms with van der Waals surface area (Å²) < 4.78 is 7.06. The average molecular weight is 539 g/mol. The molecule has 168 valence electrons. The molecule has 0 fully saturated rings. The van der Waals surface area contributed by atoms with Crippen LogP contribution in [0.3, 0.4) is 0 Å². The third-order valence-corrected chi connectivity index (χ3v) is 5.42. The van der Waals surface area contributed by atoms with E-state index in [0.717, 1.165) is 43.9 Å². The van der Waals surface area contributed by atoms with Gasteiger partial charge in [-0.2, -0.15) is 5.10 Å². The SMILES string of the molecule is CCNC(=NCC(=O)N1CCc2ccccc21)NC1CCc2nc(COC)nn2C1.I. The number of aromatic nitrogens is 3. The second-order valence-electron chi connectivity index (χ2n) is 7.56. The van der Waals surface area contributed by atoms with Gasteiger partial charge in [-0.25, -0.2) is 14.7 Å². The number of nitrogens with zero attached hydrogens (tertiary/aromatic N) is 5. The zero-order valence-electron chi connectivity index (χ0n) is 18.0. The smallest absolute Gasteiger partial charge is 0.248 e. The number of aryl methyl sites for hydroxylation is 1. The van der Waals surface area contributed by atoms with Gasteiger partial charge in [0.2, 0.25) is 5.91 Å². The Bertz CT molecular complexity index is 930. The van der Waals surface area contributed by atoms with Crippen LogP contribution in [0.5, 0.6) is 0 Å². The number of methoxy groups -OCH3 is 1. The van der Waals surface area contributed by atoms with Gasteiger partial charge in [0.25, 0.3) is 0 Å². The molecule has 4 rings (SSSR count). The van der Waals surface area contributed by atoms with E-state index in [1.807, 2.05) is 34.7 Å². The summed E-state index contributed by atoms with van der Waals surface area (Å²) in [6, 6.07) is 8.25. The van der Waals surface area contributed by atoms with Crippen molar-refractivity contribution in [3.05, 3.63) is 41.5 Å². The predicted molar refractivity (Wildman–Crippen MR) is 130 cm³/mol. The van der Waals surface area contributed by atoms with E-state index in [1.165, 1.54) is 5.56 Å². The van der Waals surface area contributed by atoms with Gasteiger partial charge in [0, 0.05) is 38.3 Å². The van der Waals surface area contributed by atoms with E-state index in [9.17, 15) is 4.79 Å². The van der Waals surface area contributed by atoms with E-state index >= 15 is 0 Å². The summed E-state index contributed by atoms with van der Waals surface area (Å²) in [6.45, 7) is 4.71. The fraction of sp³-hybridized carbons (Fsp3) is 0.524. The number of fused-ring (bicyclic) bond motifs is 2. The molecule has 10 heteroatoms. The van der Waals surface area contributed by atoms with Crippen molar-refractivity contribution in [3.8, 4) is 0 Å². The zero-order valence-corrected chi connectivity index (χ0v) is 20.3. The number of rotatable bonds is 6. The van der Waals surface area contributed by atoms with Crippen LogP contribution in [0.2, 0.25) is 0 Å². The number of hydrogen-bond donors (Lipinski definition) is 2. The lowest BCUT2D eigenvalue weighted by Crippen LogP contribution is -2.47. The molecular formula is C21H30IN7O2. The molecule has 2 N–H and O–H groups in total. The highest BCUT2D eigenvalue weighted by Gasteiger charge is 2.25. The van der Waals surface area contributed by atoms with Crippen LogP contribution in [-0.2, 0) is 35.5 Å². The van der Waals surface area contributed by atoms with Crippen molar-refractivity contribution in [2.24, 2.45) is 4.99 Å². The van der Waals surface area contributed by atoms with Crippen LogP contribution in [0.4, 0.5) is 5.69 Å². The van der Waals surface area contributed by atoms with Gasteiger partial charge in [0.05, 0.1) is 6.54 Å². The monoisotopic (exact) mass is 539 g/mol. The van der Waals surface area contributed by atoms with Gasteiger partial charge in [0.15, 0.2) is 11.8 Å². The largest absolute Gasteiger partial charge is 0.377 e. The van der Waals surface area contributed by atoms with Crippen molar-refractivity contribution in [1.29, 1.82) is 0 Å². The van der Waals surface area contributed by atoms with Gasteiger partial charge in [-0.05, 0) is 31.4 Å². The molecule has 0 bridgehead atoms. The Morgan fingerprint density at radius 1 is 1.32 bits per heavy atom. The second-order valence-corrected chi connectivity index (χ2v) is 7.56. The topological polar surface area (TPSA) is 96.7 Å². The first-order valence-electron chi connectivity index (χ1n) is 10.5. The number of guanidine groups is 1. The van der Waals surface area contributed by atoms with Crippen LogP contribution in [0.25, 0.3) is 0 Å². The van der Waals surface area contributed by atoms with E-state index in [0.29, 0.717) is 24.9 Å². The number of ether oxygens (including phenoxy) is 1. The summed E-state index contributed by atoms with van der Waals surface area (Å²) in [4.78, 5) is 23.7. The summed E-state index contributed by atoms with van der Waals surface area (Å²) >= 11 is 0. The van der Waals surface area contributed by atoms with Gasteiger partial charge in [-0.15, -0.1) is 24.0 Å². The Morgan fingerprint density at radius 3 is 2.97 bits per heavy atom. The van der Waals surface area contributed by atoms with E-state index < -0.39 is 0 Å². The molecule has 1 atom stereocenters. The number of halogens is 1. The lowest BCUT2D eigenvalue weighted by atomic mass is 10.1. The van der Waals surface area contributed by atoms with E-state index in [1.54, 1.807) is 7.11 Å². The number of aliphatic imine (C=N–C) groups is 1. The Balaban J connectivity index is 0.00000272. The van der Waals surface area contributed by atoms with Crippen LogP contribution >= 0.6 is 24.0 Å². The summed E-state index contributed by atoms with van der Waals surface area (Å²) in [5.74, 6) is 2.38. The fourth-order valence-corrected chi connectivity index (χ4v) is 4.01. The lowest BCUT2D eigenvalue weighted by Gasteiger charge is -2.25. The quantitative estimate of drug-likeness (QED) is 0.328. The number of anilines is 1. The molecule has 1 aromatic carbocycles. The van der Waals surface area contributed by atoms with Crippen LogP contribution in [-0.4, -0.2) is 59.4 Å². The van der Waals surface area contributed by atoms with E-state index in [2.05, 4.69) is 31.8 Å². The molecule has 2 aromatic rings. The minimum absolute atomic E-state index is 0. The maximum atomic E-state index is 12.8. The normalized spacial score (nSPS) is 17.5. The number of carbonyl (C=O) groups excluding carboxylic acids is 1. The highest BCUT2D eigenvalue weighted by Crippen LogP contribution is 2.27. The minimum Gasteiger partial charge on any atom is -0.377 e. The fourth-order valence-electron chi connectivity index (χ4n) is 4.01. The molecule has 3 heterocycles. The summed E-state index contributed by atoms with van der Waals surface area (Å²) in [5, 5.41) is 11.2. The maximum absolute atomic E-state index is 12.8. The molecule has 1 amide bonds. The van der Waals surface area contributed by atoms with Gasteiger partial charge in [0.1, 0.15) is 19.0 Å². The first kappa shape index (κ1) is 23.5. The number of amides is 1. The van der Waals surface area contributed by atoms with Crippen molar-refractivity contribution < 1.29 is 9.53 Å². The number of benzene rings is 1. The minimum atomic E-state index is 0. The molecule has 0 aliphatic carbocycles. The molecule has 31 heavy (non-hydrogen) atoms. The highest BCUT2D eigenvalue weighted by molar-refractivity contribution is 14.0.